The van der Waals surface area contributed by atoms with Crippen molar-refractivity contribution in [3.8, 4) is 0 Å². The molecule has 1 aromatic heterocycles. The van der Waals surface area contributed by atoms with Crippen molar-refractivity contribution < 1.29 is 14.7 Å². The van der Waals surface area contributed by atoms with Gasteiger partial charge in [0.05, 0.1) is 0 Å². The Hall–Kier alpha value is -1.91. The second-order valence-corrected chi connectivity index (χ2v) is 4.89. The molecule has 0 spiro atoms. The zero-order valence-corrected chi connectivity index (χ0v) is 10.7. The summed E-state index contributed by atoms with van der Waals surface area (Å²) >= 11 is 0. The van der Waals surface area contributed by atoms with Crippen molar-refractivity contribution in [2.75, 3.05) is 0 Å². The highest BCUT2D eigenvalue weighted by molar-refractivity contribution is 5.84. The Morgan fingerprint density at radius 2 is 1.84 bits per heavy atom. The number of rotatable bonds is 4. The van der Waals surface area contributed by atoms with E-state index in [-0.39, 0.29) is 5.91 Å². The van der Waals surface area contributed by atoms with E-state index in [4.69, 9.17) is 0 Å². The molecule has 1 N–H and O–H groups in total. The topological polar surface area (TPSA) is 82.1 Å². The quantitative estimate of drug-likeness (QED) is 0.842. The molecule has 0 saturated heterocycles. The number of carboxylic acid groups (broad SMARTS) is 1. The number of carboxylic acids is 1. The van der Waals surface area contributed by atoms with Crippen LogP contribution in [0.4, 0.5) is 0 Å². The Kier molecular flexibility index (Phi) is 4.49. The first-order chi connectivity index (χ1) is 9.18. The maximum absolute atomic E-state index is 12.1. The van der Waals surface area contributed by atoms with Gasteiger partial charge in [0, 0.05) is 36.7 Å². The van der Waals surface area contributed by atoms with E-state index in [1.165, 1.54) is 0 Å². The fourth-order valence-corrected chi connectivity index (χ4v) is 2.55. The van der Waals surface area contributed by atoms with Crippen LogP contribution in [-0.2, 0) is 16.1 Å². The number of hydrogen-bond donors (Lipinski definition) is 1. The molecular weight excluding hydrogens is 244 g/mol. The lowest BCUT2D eigenvalue weighted by Gasteiger charge is -2.31. The highest BCUT2D eigenvalue weighted by atomic mass is 16.4. The van der Waals surface area contributed by atoms with Gasteiger partial charge in [-0.25, -0.2) is 0 Å². The molecule has 2 rings (SSSR count). The molecule has 1 aliphatic carbocycles. The summed E-state index contributed by atoms with van der Waals surface area (Å²) in [4.78, 5) is 27.0. The average molecular weight is 261 g/mol. The van der Waals surface area contributed by atoms with E-state index in [0.29, 0.717) is 19.4 Å². The van der Waals surface area contributed by atoms with Crippen LogP contribution in [0.15, 0.2) is 24.5 Å². The molecule has 1 saturated carbocycles. The van der Waals surface area contributed by atoms with E-state index in [0.717, 1.165) is 18.4 Å². The summed E-state index contributed by atoms with van der Waals surface area (Å²) in [6, 6.07) is 3.63. The van der Waals surface area contributed by atoms with Crippen LogP contribution < -0.4 is 10.4 Å². The van der Waals surface area contributed by atoms with E-state index >= 15 is 0 Å². The maximum Gasteiger partial charge on any atom is 0.224 e. The second-order valence-electron chi connectivity index (χ2n) is 4.89. The summed E-state index contributed by atoms with van der Waals surface area (Å²) in [5.74, 6) is -2.40. The van der Waals surface area contributed by atoms with E-state index in [2.05, 4.69) is 10.3 Å². The average Bonchev–Trinajstić information content (AvgIpc) is 2.46. The first kappa shape index (κ1) is 13.5. The number of carbonyl (C=O) groups excluding carboxylic acids is 2. The monoisotopic (exact) mass is 261 g/mol. The molecule has 1 amide bonds. The van der Waals surface area contributed by atoms with Crippen LogP contribution >= 0.6 is 0 Å². The lowest BCUT2D eigenvalue weighted by molar-refractivity contribution is -0.314. The largest absolute Gasteiger partial charge is 0.550 e. The molecule has 5 heteroatoms. The fraction of sp³-hybridized carbons (Fsp3) is 0.500. The number of hydrogen-bond acceptors (Lipinski definition) is 4. The zero-order chi connectivity index (χ0) is 13.7. The molecule has 0 radical (unpaired) electrons. The molecule has 5 nitrogen and oxygen atoms in total. The Morgan fingerprint density at radius 3 is 2.47 bits per heavy atom. The molecule has 1 fully saturated rings. The summed E-state index contributed by atoms with van der Waals surface area (Å²) in [6.45, 7) is 0.400. The SMILES string of the molecule is O=C([O-])C1CCCCC1C(=O)NCc1ccncc1. The number of nitrogens with one attached hydrogen (secondary N) is 1. The van der Waals surface area contributed by atoms with Gasteiger partial charge in [-0.05, 0) is 30.5 Å². The van der Waals surface area contributed by atoms with E-state index in [1.807, 2.05) is 12.1 Å². The van der Waals surface area contributed by atoms with Crippen LogP contribution in [0, 0.1) is 11.8 Å². The number of carbonyl (C=O) groups is 2. The predicted octanol–water partition coefficient (Wildman–Crippen LogP) is 0.254. The van der Waals surface area contributed by atoms with Crippen molar-refractivity contribution in [1.29, 1.82) is 0 Å². The summed E-state index contributed by atoms with van der Waals surface area (Å²) in [5, 5.41) is 13.8. The Balaban J connectivity index is 1.93. The fourth-order valence-electron chi connectivity index (χ4n) is 2.55. The minimum absolute atomic E-state index is 0.189. The van der Waals surface area contributed by atoms with Crippen molar-refractivity contribution >= 4 is 11.9 Å². The van der Waals surface area contributed by atoms with Gasteiger partial charge in [0.15, 0.2) is 0 Å². The maximum atomic E-state index is 12.1. The van der Waals surface area contributed by atoms with Gasteiger partial charge in [0.2, 0.25) is 5.91 Å². The highest BCUT2D eigenvalue weighted by Crippen LogP contribution is 2.29. The summed E-state index contributed by atoms with van der Waals surface area (Å²) in [5.41, 5.74) is 0.948. The Labute approximate surface area is 112 Å². The van der Waals surface area contributed by atoms with Gasteiger partial charge in [-0.1, -0.05) is 12.8 Å². The van der Waals surface area contributed by atoms with Crippen LogP contribution in [0.25, 0.3) is 0 Å². The normalized spacial score (nSPS) is 22.7. The Bertz CT molecular complexity index is 447. The molecule has 0 aliphatic heterocycles. The molecule has 1 heterocycles. The summed E-state index contributed by atoms with van der Waals surface area (Å²) < 4.78 is 0. The van der Waals surface area contributed by atoms with Crippen molar-refractivity contribution in [3.63, 3.8) is 0 Å². The number of aromatic nitrogens is 1. The van der Waals surface area contributed by atoms with Gasteiger partial charge in [-0.3, -0.25) is 9.78 Å². The molecule has 2 atom stereocenters. The Morgan fingerprint density at radius 1 is 1.21 bits per heavy atom. The van der Waals surface area contributed by atoms with Gasteiger partial charge < -0.3 is 15.2 Å². The number of pyridine rings is 1. The summed E-state index contributed by atoms with van der Waals surface area (Å²) in [6.07, 6.45) is 6.23. The molecule has 1 aromatic rings. The first-order valence-corrected chi connectivity index (χ1v) is 6.56. The first-order valence-electron chi connectivity index (χ1n) is 6.56. The van der Waals surface area contributed by atoms with E-state index in [1.54, 1.807) is 12.4 Å². The van der Waals surface area contributed by atoms with Gasteiger partial charge in [-0.2, -0.15) is 0 Å². The molecule has 102 valence electrons. The number of nitrogens with zero attached hydrogens (tertiary/aromatic N) is 1. The molecule has 2 unspecified atom stereocenters. The van der Waals surface area contributed by atoms with E-state index < -0.39 is 17.8 Å². The second kappa shape index (κ2) is 6.31. The minimum atomic E-state index is -1.11. The lowest BCUT2D eigenvalue weighted by Crippen LogP contribution is -2.44. The van der Waals surface area contributed by atoms with Crippen molar-refractivity contribution in [3.05, 3.63) is 30.1 Å². The third kappa shape index (κ3) is 3.53. The molecule has 0 aromatic carbocycles. The molecule has 1 aliphatic rings. The molecule has 0 bridgehead atoms. The van der Waals surface area contributed by atoms with Crippen molar-refractivity contribution in [1.82, 2.24) is 10.3 Å². The third-order valence-corrected chi connectivity index (χ3v) is 3.62. The van der Waals surface area contributed by atoms with Gasteiger partial charge in [0.25, 0.3) is 0 Å². The smallest absolute Gasteiger partial charge is 0.224 e. The van der Waals surface area contributed by atoms with Gasteiger partial charge in [-0.15, -0.1) is 0 Å². The minimum Gasteiger partial charge on any atom is -0.550 e. The number of amides is 1. The summed E-state index contributed by atoms with van der Waals surface area (Å²) in [7, 11) is 0. The van der Waals surface area contributed by atoms with Crippen molar-refractivity contribution in [2.24, 2.45) is 11.8 Å². The van der Waals surface area contributed by atoms with Crippen LogP contribution in [0.3, 0.4) is 0 Å². The van der Waals surface area contributed by atoms with Crippen LogP contribution in [0.5, 0.6) is 0 Å². The number of aliphatic carboxylic acids is 1. The lowest BCUT2D eigenvalue weighted by atomic mass is 9.78. The zero-order valence-electron chi connectivity index (χ0n) is 10.7. The van der Waals surface area contributed by atoms with Crippen LogP contribution in [0.1, 0.15) is 31.2 Å². The standard InChI is InChI=1S/C14H18N2O3/c17-13(16-9-10-5-7-15-8-6-10)11-3-1-2-4-12(11)14(18)19/h5-8,11-12H,1-4,9H2,(H,16,17)(H,18,19)/p-1. The van der Waals surface area contributed by atoms with Crippen LogP contribution in [-0.4, -0.2) is 16.9 Å². The predicted molar refractivity (Wildman–Crippen MR) is 66.5 cm³/mol. The van der Waals surface area contributed by atoms with Gasteiger partial charge >= 0.3 is 0 Å². The van der Waals surface area contributed by atoms with Gasteiger partial charge in [0.1, 0.15) is 0 Å². The molecule has 19 heavy (non-hydrogen) atoms. The highest BCUT2D eigenvalue weighted by Gasteiger charge is 2.31. The third-order valence-electron chi connectivity index (χ3n) is 3.62. The molecular formula is C14H17N2O3-. The van der Waals surface area contributed by atoms with Crippen molar-refractivity contribution in [2.45, 2.75) is 32.2 Å². The van der Waals surface area contributed by atoms with E-state index in [9.17, 15) is 14.7 Å². The van der Waals surface area contributed by atoms with Crippen LogP contribution in [0.2, 0.25) is 0 Å².